The molecular formula is C12H23NO4S. The summed E-state index contributed by atoms with van der Waals surface area (Å²) in [6.45, 7) is 5.31. The Morgan fingerprint density at radius 3 is 2.17 bits per heavy atom. The molecule has 1 amide bonds. The molecule has 2 N–H and O–H groups in total. The molecule has 0 fully saturated rings. The first-order valence-electron chi connectivity index (χ1n) is 6.10. The highest BCUT2D eigenvalue weighted by molar-refractivity contribution is 7.84. The lowest BCUT2D eigenvalue weighted by Crippen LogP contribution is -2.41. The number of carbonyl (C=O) groups excluding carboxylic acids is 1. The predicted molar refractivity (Wildman–Crippen MR) is 71.8 cm³/mol. The van der Waals surface area contributed by atoms with Crippen LogP contribution in [0, 0.1) is 5.41 Å². The molecule has 106 valence electrons. The molecule has 6 heteroatoms. The maximum Gasteiger partial charge on any atom is 0.310 e. The van der Waals surface area contributed by atoms with Crippen LogP contribution in [0.4, 0.5) is 0 Å². The van der Waals surface area contributed by atoms with Crippen molar-refractivity contribution in [1.82, 2.24) is 5.32 Å². The van der Waals surface area contributed by atoms with Crippen LogP contribution < -0.4 is 5.32 Å². The first-order valence-corrected chi connectivity index (χ1v) is 7.83. The van der Waals surface area contributed by atoms with Crippen LogP contribution in [0.1, 0.15) is 40.0 Å². The summed E-state index contributed by atoms with van der Waals surface area (Å²) in [7, 11) is -0.979. The zero-order chi connectivity index (χ0) is 14.3. The lowest BCUT2D eigenvalue weighted by Gasteiger charge is -2.26. The first kappa shape index (κ1) is 17.1. The molecular weight excluding hydrogens is 254 g/mol. The van der Waals surface area contributed by atoms with E-state index in [9.17, 15) is 18.9 Å². The number of hydrogen-bond donors (Lipinski definition) is 2. The number of amides is 1. The normalized spacial score (nSPS) is 14.9. The standard InChI is InChI=1S/C12H23NO4S/c1-5-12(6-2,11(15)16)7-10(14)13-9(3)8-18(4)17/h9H,5-8H2,1-4H3,(H,13,14)(H,15,16). The van der Waals surface area contributed by atoms with Gasteiger partial charge in [0.05, 0.1) is 5.41 Å². The molecule has 0 radical (unpaired) electrons. The summed E-state index contributed by atoms with van der Waals surface area (Å²) < 4.78 is 11.0. The Hall–Kier alpha value is -0.910. The fourth-order valence-corrected chi connectivity index (χ4v) is 2.69. The van der Waals surface area contributed by atoms with Gasteiger partial charge >= 0.3 is 5.97 Å². The highest BCUT2D eigenvalue weighted by Gasteiger charge is 2.37. The van der Waals surface area contributed by atoms with Gasteiger partial charge in [0.15, 0.2) is 0 Å². The second-order valence-electron chi connectivity index (χ2n) is 4.68. The lowest BCUT2D eigenvalue weighted by molar-refractivity contribution is -0.152. The Balaban J connectivity index is 4.53. The van der Waals surface area contributed by atoms with Crippen LogP contribution >= 0.6 is 0 Å². The van der Waals surface area contributed by atoms with Gasteiger partial charge in [-0.2, -0.15) is 0 Å². The van der Waals surface area contributed by atoms with Gasteiger partial charge in [-0.05, 0) is 19.8 Å². The van der Waals surface area contributed by atoms with Crippen molar-refractivity contribution in [3.63, 3.8) is 0 Å². The minimum atomic E-state index is -0.991. The van der Waals surface area contributed by atoms with Crippen molar-refractivity contribution in [3.05, 3.63) is 0 Å². The lowest BCUT2D eigenvalue weighted by atomic mass is 9.79. The van der Waals surface area contributed by atoms with Crippen LogP contribution in [0.25, 0.3) is 0 Å². The molecule has 0 saturated carbocycles. The SMILES string of the molecule is CCC(CC)(CC(=O)NC(C)CS(C)=O)C(=O)O. The molecule has 5 nitrogen and oxygen atoms in total. The summed E-state index contributed by atoms with van der Waals surface area (Å²) in [6, 6.07) is -0.205. The Morgan fingerprint density at radius 1 is 1.33 bits per heavy atom. The summed E-state index contributed by atoms with van der Waals surface area (Å²) in [5, 5.41) is 11.9. The molecule has 0 aromatic rings. The van der Waals surface area contributed by atoms with E-state index in [-0.39, 0.29) is 18.4 Å². The molecule has 0 aromatic carbocycles. The summed E-state index contributed by atoms with van der Waals surface area (Å²) in [6.07, 6.45) is 2.37. The fourth-order valence-electron chi connectivity index (χ4n) is 1.90. The predicted octanol–water partition coefficient (Wildman–Crippen LogP) is 1.15. The molecule has 0 aromatic heterocycles. The minimum absolute atomic E-state index is 0.0317. The third kappa shape index (κ3) is 5.16. The van der Waals surface area contributed by atoms with Gasteiger partial charge in [-0.1, -0.05) is 13.8 Å². The fraction of sp³-hybridized carbons (Fsp3) is 0.833. The van der Waals surface area contributed by atoms with Crippen LogP contribution in [0.2, 0.25) is 0 Å². The van der Waals surface area contributed by atoms with Gasteiger partial charge in [-0.3, -0.25) is 13.8 Å². The third-order valence-electron chi connectivity index (χ3n) is 3.20. The smallest absolute Gasteiger partial charge is 0.310 e. The van der Waals surface area contributed by atoms with Crippen molar-refractivity contribution in [2.24, 2.45) is 5.41 Å². The third-order valence-corrected chi connectivity index (χ3v) is 4.17. The van der Waals surface area contributed by atoms with Crippen LogP contribution in [-0.4, -0.2) is 39.2 Å². The largest absolute Gasteiger partial charge is 0.481 e. The number of hydrogen-bond acceptors (Lipinski definition) is 3. The Labute approximate surface area is 111 Å². The number of carbonyl (C=O) groups is 2. The molecule has 0 spiro atoms. The van der Waals surface area contributed by atoms with E-state index in [2.05, 4.69) is 5.32 Å². The van der Waals surface area contributed by atoms with Gasteiger partial charge in [-0.25, -0.2) is 0 Å². The number of nitrogens with one attached hydrogen (secondary N) is 1. The molecule has 18 heavy (non-hydrogen) atoms. The topological polar surface area (TPSA) is 83.5 Å². The average molecular weight is 277 g/mol. The quantitative estimate of drug-likeness (QED) is 0.697. The average Bonchev–Trinajstić information content (AvgIpc) is 2.24. The molecule has 0 saturated heterocycles. The zero-order valence-electron chi connectivity index (χ0n) is 11.5. The van der Waals surface area contributed by atoms with Gasteiger partial charge < -0.3 is 10.4 Å². The number of aliphatic carboxylic acids is 1. The Morgan fingerprint density at radius 2 is 1.83 bits per heavy atom. The van der Waals surface area contributed by atoms with E-state index in [1.165, 1.54) is 0 Å². The van der Waals surface area contributed by atoms with Crippen molar-refractivity contribution < 1.29 is 18.9 Å². The van der Waals surface area contributed by atoms with Crippen molar-refractivity contribution in [2.45, 2.75) is 46.1 Å². The van der Waals surface area contributed by atoms with E-state index in [4.69, 9.17) is 0 Å². The molecule has 0 aliphatic rings. The maximum atomic E-state index is 11.8. The number of rotatable bonds is 8. The summed E-state index contributed by atoms with van der Waals surface area (Å²) in [5.41, 5.74) is -0.991. The molecule has 0 bridgehead atoms. The van der Waals surface area contributed by atoms with E-state index in [1.54, 1.807) is 27.0 Å². The molecule has 0 aliphatic heterocycles. The molecule has 2 atom stereocenters. The second-order valence-corrected chi connectivity index (χ2v) is 6.16. The van der Waals surface area contributed by atoms with Crippen LogP contribution in [0.5, 0.6) is 0 Å². The monoisotopic (exact) mass is 277 g/mol. The molecule has 2 unspecified atom stereocenters. The van der Waals surface area contributed by atoms with Crippen molar-refractivity contribution in [2.75, 3.05) is 12.0 Å². The first-order chi connectivity index (χ1) is 8.27. The zero-order valence-corrected chi connectivity index (χ0v) is 12.3. The highest BCUT2D eigenvalue weighted by atomic mass is 32.2. The van der Waals surface area contributed by atoms with Gasteiger partial charge in [0.25, 0.3) is 0 Å². The van der Waals surface area contributed by atoms with E-state index in [0.29, 0.717) is 18.6 Å². The number of carboxylic acid groups (broad SMARTS) is 1. The van der Waals surface area contributed by atoms with Gasteiger partial charge in [0, 0.05) is 35.3 Å². The van der Waals surface area contributed by atoms with E-state index in [1.807, 2.05) is 0 Å². The second kappa shape index (κ2) is 7.51. The van der Waals surface area contributed by atoms with Crippen molar-refractivity contribution in [1.29, 1.82) is 0 Å². The summed E-state index contributed by atoms with van der Waals surface area (Å²) in [5.74, 6) is -0.849. The van der Waals surface area contributed by atoms with E-state index < -0.39 is 22.2 Å². The Kier molecular flexibility index (Phi) is 7.13. The highest BCUT2D eigenvalue weighted by Crippen LogP contribution is 2.30. The van der Waals surface area contributed by atoms with Crippen LogP contribution in [-0.2, 0) is 20.4 Å². The molecule has 0 heterocycles. The number of carboxylic acids is 1. The van der Waals surface area contributed by atoms with Crippen LogP contribution in [0.3, 0.4) is 0 Å². The van der Waals surface area contributed by atoms with Gasteiger partial charge in [0.1, 0.15) is 0 Å². The van der Waals surface area contributed by atoms with Crippen LogP contribution in [0.15, 0.2) is 0 Å². The van der Waals surface area contributed by atoms with Gasteiger partial charge in [0.2, 0.25) is 5.91 Å². The van der Waals surface area contributed by atoms with Gasteiger partial charge in [-0.15, -0.1) is 0 Å². The summed E-state index contributed by atoms with van der Waals surface area (Å²) in [4.78, 5) is 23.1. The molecule has 0 aliphatic carbocycles. The molecule has 0 rings (SSSR count). The minimum Gasteiger partial charge on any atom is -0.481 e. The Bertz CT molecular complexity index is 326. The van der Waals surface area contributed by atoms with E-state index >= 15 is 0 Å². The summed E-state index contributed by atoms with van der Waals surface area (Å²) >= 11 is 0. The van der Waals surface area contributed by atoms with Crippen molar-refractivity contribution in [3.8, 4) is 0 Å². The maximum absolute atomic E-state index is 11.8. The van der Waals surface area contributed by atoms with E-state index in [0.717, 1.165) is 0 Å². The van der Waals surface area contributed by atoms with Crippen molar-refractivity contribution >= 4 is 22.7 Å².